The van der Waals surface area contributed by atoms with E-state index >= 15 is 0 Å². The maximum Gasteiger partial charge on any atom is 0.237 e. The lowest BCUT2D eigenvalue weighted by atomic mass is 10.4. The van der Waals surface area contributed by atoms with Gasteiger partial charge >= 0.3 is 0 Å². The Morgan fingerprint density at radius 1 is 1.38 bits per heavy atom. The van der Waals surface area contributed by atoms with Crippen LogP contribution < -0.4 is 11.1 Å². The van der Waals surface area contributed by atoms with Crippen LogP contribution in [0, 0.1) is 0 Å². The molecule has 0 bridgehead atoms. The number of nitrogens with one attached hydrogen (secondary N) is 1. The number of aromatic nitrogens is 5. The smallest absolute Gasteiger partial charge is 0.237 e. The molecule has 0 atom stereocenters. The fraction of sp³-hybridized carbons (Fsp3) is 0.417. The summed E-state index contributed by atoms with van der Waals surface area (Å²) in [5, 5.41) is 11.4. The highest BCUT2D eigenvalue weighted by molar-refractivity contribution is 7.99. The molecule has 2 aromatic rings. The predicted molar refractivity (Wildman–Crippen MR) is 79.7 cm³/mol. The van der Waals surface area contributed by atoms with E-state index in [0.29, 0.717) is 17.5 Å². The number of amides is 1. The minimum atomic E-state index is -0.196. The molecule has 2 heterocycles. The molecule has 21 heavy (non-hydrogen) atoms. The lowest BCUT2D eigenvalue weighted by molar-refractivity contribution is -0.113. The van der Waals surface area contributed by atoms with Gasteiger partial charge in [-0.25, -0.2) is 9.97 Å². The van der Waals surface area contributed by atoms with Gasteiger partial charge in [-0.15, -0.1) is 10.2 Å². The van der Waals surface area contributed by atoms with Crippen molar-refractivity contribution in [2.24, 2.45) is 5.73 Å². The molecule has 0 aliphatic heterocycles. The Bertz CT molecular complexity index is 599. The monoisotopic (exact) mass is 307 g/mol. The van der Waals surface area contributed by atoms with Crippen LogP contribution in [0.4, 0.5) is 5.95 Å². The molecule has 0 spiro atoms. The summed E-state index contributed by atoms with van der Waals surface area (Å²) >= 11 is 1.31. The zero-order chi connectivity index (χ0) is 15.2. The van der Waals surface area contributed by atoms with Gasteiger partial charge in [0, 0.05) is 18.4 Å². The first-order valence-electron chi connectivity index (χ1n) is 6.45. The molecule has 1 amide bonds. The number of hydrogen-bond acceptors (Lipinski definition) is 7. The molecule has 2 rings (SSSR count). The standard InChI is InChI=1S/C12H17N7OS/c1-8(2)19-9(6-13)17-18-12(19)21-7-10(20)16-11-14-4-3-5-15-11/h3-5,8H,6-7,13H2,1-2H3,(H,14,15,16,20). The summed E-state index contributed by atoms with van der Waals surface area (Å²) in [4.78, 5) is 19.7. The van der Waals surface area contributed by atoms with Gasteiger partial charge in [-0.2, -0.15) is 0 Å². The molecule has 8 nitrogen and oxygen atoms in total. The van der Waals surface area contributed by atoms with Gasteiger partial charge in [-0.05, 0) is 19.9 Å². The van der Waals surface area contributed by atoms with E-state index in [1.165, 1.54) is 11.8 Å². The van der Waals surface area contributed by atoms with Crippen molar-refractivity contribution in [3.05, 3.63) is 24.3 Å². The fourth-order valence-corrected chi connectivity index (χ4v) is 2.60. The number of carbonyl (C=O) groups excluding carboxylic acids is 1. The second kappa shape index (κ2) is 7.14. The van der Waals surface area contributed by atoms with Gasteiger partial charge in [0.15, 0.2) is 5.16 Å². The Labute approximate surface area is 126 Å². The van der Waals surface area contributed by atoms with Crippen molar-refractivity contribution in [2.75, 3.05) is 11.1 Å². The second-order valence-electron chi connectivity index (χ2n) is 4.48. The van der Waals surface area contributed by atoms with Crippen LogP contribution in [0.3, 0.4) is 0 Å². The van der Waals surface area contributed by atoms with E-state index in [0.717, 1.165) is 0 Å². The highest BCUT2D eigenvalue weighted by Gasteiger charge is 2.15. The number of nitrogens with two attached hydrogens (primary N) is 1. The van der Waals surface area contributed by atoms with Gasteiger partial charge in [0.1, 0.15) is 5.82 Å². The van der Waals surface area contributed by atoms with Crippen molar-refractivity contribution in [1.29, 1.82) is 0 Å². The Hall–Kier alpha value is -2.00. The van der Waals surface area contributed by atoms with E-state index in [1.54, 1.807) is 18.5 Å². The number of carbonyl (C=O) groups is 1. The number of thioether (sulfide) groups is 1. The largest absolute Gasteiger partial charge is 0.324 e. The van der Waals surface area contributed by atoms with Crippen LogP contribution in [0.15, 0.2) is 23.6 Å². The molecule has 112 valence electrons. The average molecular weight is 307 g/mol. The van der Waals surface area contributed by atoms with Crippen LogP contribution in [-0.2, 0) is 11.3 Å². The van der Waals surface area contributed by atoms with Crippen LogP contribution in [0.1, 0.15) is 25.7 Å². The highest BCUT2D eigenvalue weighted by atomic mass is 32.2. The molecule has 0 aliphatic rings. The number of rotatable bonds is 6. The lowest BCUT2D eigenvalue weighted by Crippen LogP contribution is -2.17. The van der Waals surface area contributed by atoms with Crippen LogP contribution in [-0.4, -0.2) is 36.4 Å². The molecule has 0 saturated heterocycles. The Kier molecular flexibility index (Phi) is 5.23. The topological polar surface area (TPSA) is 112 Å². The van der Waals surface area contributed by atoms with Crippen molar-refractivity contribution < 1.29 is 4.79 Å². The third-order valence-electron chi connectivity index (χ3n) is 2.58. The summed E-state index contributed by atoms with van der Waals surface area (Å²) < 4.78 is 1.93. The molecular weight excluding hydrogens is 290 g/mol. The SMILES string of the molecule is CC(C)n1c(CN)nnc1SCC(=O)Nc1ncccn1. The van der Waals surface area contributed by atoms with Gasteiger partial charge in [0.25, 0.3) is 0 Å². The minimum Gasteiger partial charge on any atom is -0.324 e. The third kappa shape index (κ3) is 3.99. The summed E-state index contributed by atoms with van der Waals surface area (Å²) in [6.07, 6.45) is 3.14. The summed E-state index contributed by atoms with van der Waals surface area (Å²) in [6.45, 7) is 4.35. The molecular formula is C12H17N7OS. The Balaban J connectivity index is 1.97. The molecule has 0 unspecified atom stereocenters. The van der Waals surface area contributed by atoms with E-state index in [2.05, 4.69) is 25.5 Å². The zero-order valence-electron chi connectivity index (χ0n) is 11.9. The summed E-state index contributed by atoms with van der Waals surface area (Å²) in [7, 11) is 0. The predicted octanol–water partition coefficient (Wildman–Crippen LogP) is 0.838. The zero-order valence-corrected chi connectivity index (χ0v) is 12.7. The van der Waals surface area contributed by atoms with Crippen molar-refractivity contribution >= 4 is 23.6 Å². The first kappa shape index (κ1) is 15.4. The van der Waals surface area contributed by atoms with Gasteiger partial charge in [-0.1, -0.05) is 11.8 Å². The minimum absolute atomic E-state index is 0.182. The average Bonchev–Trinajstić information content (AvgIpc) is 2.89. The lowest BCUT2D eigenvalue weighted by Gasteiger charge is -2.12. The van der Waals surface area contributed by atoms with E-state index in [9.17, 15) is 4.79 Å². The van der Waals surface area contributed by atoms with Crippen LogP contribution in [0.2, 0.25) is 0 Å². The fourth-order valence-electron chi connectivity index (χ4n) is 1.72. The normalized spacial score (nSPS) is 10.9. The molecule has 2 aromatic heterocycles. The molecule has 0 aliphatic carbocycles. The van der Waals surface area contributed by atoms with Crippen LogP contribution in [0.5, 0.6) is 0 Å². The van der Waals surface area contributed by atoms with Crippen LogP contribution in [0.25, 0.3) is 0 Å². The summed E-state index contributed by atoms with van der Waals surface area (Å²) in [5.41, 5.74) is 5.63. The Morgan fingerprint density at radius 2 is 2.10 bits per heavy atom. The maximum absolute atomic E-state index is 11.8. The molecule has 3 N–H and O–H groups in total. The maximum atomic E-state index is 11.8. The van der Waals surface area contributed by atoms with E-state index in [-0.39, 0.29) is 23.7 Å². The van der Waals surface area contributed by atoms with E-state index in [1.807, 2.05) is 18.4 Å². The van der Waals surface area contributed by atoms with E-state index in [4.69, 9.17) is 5.73 Å². The first-order chi connectivity index (χ1) is 10.1. The molecule has 9 heteroatoms. The van der Waals surface area contributed by atoms with Crippen LogP contribution >= 0.6 is 11.8 Å². The van der Waals surface area contributed by atoms with Crippen molar-refractivity contribution in [1.82, 2.24) is 24.7 Å². The molecule has 0 fully saturated rings. The quantitative estimate of drug-likeness (QED) is 0.760. The molecule has 0 radical (unpaired) electrons. The van der Waals surface area contributed by atoms with Gasteiger partial charge < -0.3 is 10.3 Å². The summed E-state index contributed by atoms with van der Waals surface area (Å²) in [5.74, 6) is 1.00. The van der Waals surface area contributed by atoms with E-state index < -0.39 is 0 Å². The van der Waals surface area contributed by atoms with Crippen molar-refractivity contribution in [2.45, 2.75) is 31.6 Å². The van der Waals surface area contributed by atoms with Gasteiger partial charge in [0.05, 0.1) is 12.3 Å². The number of anilines is 1. The van der Waals surface area contributed by atoms with Crippen molar-refractivity contribution in [3.63, 3.8) is 0 Å². The Morgan fingerprint density at radius 3 is 2.71 bits per heavy atom. The van der Waals surface area contributed by atoms with Gasteiger partial charge in [-0.3, -0.25) is 10.1 Å². The molecule has 0 saturated carbocycles. The second-order valence-corrected chi connectivity index (χ2v) is 5.42. The summed E-state index contributed by atoms with van der Waals surface area (Å²) in [6, 6.07) is 1.87. The number of nitrogens with zero attached hydrogens (tertiary/aromatic N) is 5. The van der Waals surface area contributed by atoms with Crippen molar-refractivity contribution in [3.8, 4) is 0 Å². The van der Waals surface area contributed by atoms with Gasteiger partial charge in [0.2, 0.25) is 11.9 Å². The highest BCUT2D eigenvalue weighted by Crippen LogP contribution is 2.21. The first-order valence-corrected chi connectivity index (χ1v) is 7.44. The molecule has 0 aromatic carbocycles. The third-order valence-corrected chi connectivity index (χ3v) is 3.53. The number of hydrogen-bond donors (Lipinski definition) is 2.